The zero-order valence-electron chi connectivity index (χ0n) is 8.27. The molecule has 0 heterocycles. The molecule has 0 spiro atoms. The summed E-state index contributed by atoms with van der Waals surface area (Å²) in [6.45, 7) is 7.05. The van der Waals surface area contributed by atoms with Crippen LogP contribution in [0.2, 0.25) is 0 Å². The maximum absolute atomic E-state index is 2.35. The van der Waals surface area contributed by atoms with Crippen molar-refractivity contribution < 1.29 is 0 Å². The Labute approximate surface area is 78.8 Å². The van der Waals surface area contributed by atoms with E-state index in [1.165, 1.54) is 32.1 Å². The predicted octanol–water partition coefficient (Wildman–Crippen LogP) is 4.49. The second-order valence-corrected chi connectivity index (χ2v) is 4.08. The van der Waals surface area contributed by atoms with Gasteiger partial charge in [0.25, 0.3) is 0 Å². The minimum atomic E-state index is 0. The van der Waals surface area contributed by atoms with E-state index in [4.69, 9.17) is 0 Å². The van der Waals surface area contributed by atoms with E-state index in [2.05, 4.69) is 20.8 Å². The Balaban J connectivity index is 0.00000121. The van der Waals surface area contributed by atoms with Gasteiger partial charge >= 0.3 is 0 Å². The zero-order valence-corrected chi connectivity index (χ0v) is 8.27. The molecule has 0 amide bonds. The van der Waals surface area contributed by atoms with Crippen LogP contribution < -0.4 is 0 Å². The van der Waals surface area contributed by atoms with Gasteiger partial charge in [-0.3, -0.25) is 0 Å². The van der Waals surface area contributed by atoms with Gasteiger partial charge in [0.05, 0.1) is 0 Å². The lowest BCUT2D eigenvalue weighted by atomic mass is 9.92. The van der Waals surface area contributed by atoms with E-state index < -0.39 is 0 Å². The van der Waals surface area contributed by atoms with E-state index in [0.717, 1.165) is 17.8 Å². The summed E-state index contributed by atoms with van der Waals surface area (Å²) < 4.78 is 0. The van der Waals surface area contributed by atoms with Gasteiger partial charge in [-0.15, -0.1) is 0 Å². The van der Waals surface area contributed by atoms with Crippen molar-refractivity contribution in [2.75, 3.05) is 0 Å². The van der Waals surface area contributed by atoms with Crippen molar-refractivity contribution in [3.63, 3.8) is 0 Å². The first kappa shape index (κ1) is 12.0. The fraction of sp³-hybridized carbons (Fsp3) is 1.00. The molecule has 1 aliphatic rings. The third-order valence-electron chi connectivity index (χ3n) is 3.56. The Morgan fingerprint density at radius 3 is 1.50 bits per heavy atom. The highest BCUT2D eigenvalue weighted by atomic mass is 14.4. The molecule has 2 atom stereocenters. The number of rotatable bonds is 3. The molecule has 12 heavy (non-hydrogen) atoms. The summed E-state index contributed by atoms with van der Waals surface area (Å²) in [7, 11) is 0. The molecule has 0 aromatic heterocycles. The fourth-order valence-electron chi connectivity index (χ4n) is 2.67. The summed E-state index contributed by atoms with van der Waals surface area (Å²) in [6.07, 6.45) is 7.27. The zero-order chi connectivity index (χ0) is 8.27. The molecule has 74 valence electrons. The van der Waals surface area contributed by atoms with Crippen LogP contribution in [0.5, 0.6) is 0 Å². The highest BCUT2D eigenvalue weighted by molar-refractivity contribution is 4.81. The highest BCUT2D eigenvalue weighted by Crippen LogP contribution is 2.41. The maximum atomic E-state index is 2.35. The van der Waals surface area contributed by atoms with Crippen LogP contribution in [-0.2, 0) is 0 Å². The SMILES string of the molecule is C.CCC1CC(CC)C(CC)C1. The predicted molar refractivity (Wildman–Crippen MR) is 57.3 cm³/mol. The van der Waals surface area contributed by atoms with Crippen molar-refractivity contribution >= 4 is 0 Å². The van der Waals surface area contributed by atoms with Crippen molar-refractivity contribution in [2.24, 2.45) is 17.8 Å². The molecule has 1 rings (SSSR count). The fourth-order valence-corrected chi connectivity index (χ4v) is 2.67. The summed E-state index contributed by atoms with van der Waals surface area (Å²) >= 11 is 0. The van der Waals surface area contributed by atoms with Crippen LogP contribution >= 0.6 is 0 Å². The van der Waals surface area contributed by atoms with Crippen molar-refractivity contribution in [3.05, 3.63) is 0 Å². The van der Waals surface area contributed by atoms with Crippen molar-refractivity contribution in [2.45, 2.75) is 60.3 Å². The Kier molecular flexibility index (Phi) is 5.61. The number of hydrogen-bond acceptors (Lipinski definition) is 0. The topological polar surface area (TPSA) is 0 Å². The average molecular weight is 170 g/mol. The van der Waals surface area contributed by atoms with Crippen molar-refractivity contribution in [3.8, 4) is 0 Å². The molecule has 0 saturated heterocycles. The lowest BCUT2D eigenvalue weighted by molar-refractivity contribution is 0.367. The first-order valence-electron chi connectivity index (χ1n) is 5.31. The van der Waals surface area contributed by atoms with Gasteiger partial charge in [-0.2, -0.15) is 0 Å². The second-order valence-electron chi connectivity index (χ2n) is 4.08. The summed E-state index contributed by atoms with van der Waals surface area (Å²) in [5, 5.41) is 0. The van der Waals surface area contributed by atoms with Gasteiger partial charge in [0.1, 0.15) is 0 Å². The minimum absolute atomic E-state index is 0. The van der Waals surface area contributed by atoms with Crippen molar-refractivity contribution in [1.29, 1.82) is 0 Å². The normalized spacial score (nSPS) is 34.8. The molecule has 0 aliphatic heterocycles. The quantitative estimate of drug-likeness (QED) is 0.585. The van der Waals surface area contributed by atoms with Crippen LogP contribution in [0.25, 0.3) is 0 Å². The number of hydrogen-bond donors (Lipinski definition) is 0. The Morgan fingerprint density at radius 1 is 0.833 bits per heavy atom. The largest absolute Gasteiger partial charge is 0.0776 e. The monoisotopic (exact) mass is 170 g/mol. The van der Waals surface area contributed by atoms with E-state index in [0.29, 0.717) is 0 Å². The van der Waals surface area contributed by atoms with Gasteiger partial charge in [-0.25, -0.2) is 0 Å². The lowest BCUT2D eigenvalue weighted by Gasteiger charge is -2.14. The van der Waals surface area contributed by atoms with Crippen LogP contribution in [0.4, 0.5) is 0 Å². The summed E-state index contributed by atoms with van der Waals surface area (Å²) in [6, 6.07) is 0. The molecule has 2 unspecified atom stereocenters. The smallest absolute Gasteiger partial charge is 0.0386 e. The van der Waals surface area contributed by atoms with Gasteiger partial charge in [-0.1, -0.05) is 47.5 Å². The summed E-state index contributed by atoms with van der Waals surface area (Å²) in [4.78, 5) is 0. The van der Waals surface area contributed by atoms with Crippen LogP contribution in [-0.4, -0.2) is 0 Å². The minimum Gasteiger partial charge on any atom is -0.0776 e. The van der Waals surface area contributed by atoms with Crippen LogP contribution in [0, 0.1) is 17.8 Å². The first-order valence-corrected chi connectivity index (χ1v) is 5.31. The molecular weight excluding hydrogens is 144 g/mol. The van der Waals surface area contributed by atoms with Crippen LogP contribution in [0.15, 0.2) is 0 Å². The average Bonchev–Trinajstić information content (AvgIpc) is 2.46. The second kappa shape index (κ2) is 5.61. The third kappa shape index (κ3) is 2.50. The molecule has 0 aromatic carbocycles. The highest BCUT2D eigenvalue weighted by Gasteiger charge is 2.30. The maximum Gasteiger partial charge on any atom is -0.0386 e. The van der Waals surface area contributed by atoms with E-state index >= 15 is 0 Å². The lowest BCUT2D eigenvalue weighted by Crippen LogP contribution is -2.04. The molecule has 0 radical (unpaired) electrons. The van der Waals surface area contributed by atoms with Gasteiger partial charge in [0, 0.05) is 0 Å². The van der Waals surface area contributed by atoms with Gasteiger partial charge in [0.15, 0.2) is 0 Å². The van der Waals surface area contributed by atoms with Crippen LogP contribution in [0.3, 0.4) is 0 Å². The molecular formula is C12H26. The van der Waals surface area contributed by atoms with E-state index in [1.807, 2.05) is 0 Å². The molecule has 1 saturated carbocycles. The Bertz CT molecular complexity index is 94.6. The van der Waals surface area contributed by atoms with E-state index in [9.17, 15) is 0 Å². The molecule has 1 aliphatic carbocycles. The van der Waals surface area contributed by atoms with Gasteiger partial charge < -0.3 is 0 Å². The Hall–Kier alpha value is 0. The summed E-state index contributed by atoms with van der Waals surface area (Å²) in [5.74, 6) is 3.18. The standard InChI is InChI=1S/C11H22.CH4/c1-4-9-7-10(5-2)11(6-3)8-9;/h9-11H,4-8H2,1-3H3;1H4. The first-order chi connectivity index (χ1) is 5.31. The molecule has 0 bridgehead atoms. The molecule has 0 nitrogen and oxygen atoms in total. The van der Waals surface area contributed by atoms with E-state index in [1.54, 1.807) is 0 Å². The molecule has 0 N–H and O–H groups in total. The molecule has 0 aromatic rings. The van der Waals surface area contributed by atoms with Gasteiger partial charge in [-0.05, 0) is 30.6 Å². The third-order valence-corrected chi connectivity index (χ3v) is 3.56. The van der Waals surface area contributed by atoms with Crippen LogP contribution in [0.1, 0.15) is 60.3 Å². The summed E-state index contributed by atoms with van der Waals surface area (Å²) in [5.41, 5.74) is 0. The molecule has 1 fully saturated rings. The Morgan fingerprint density at radius 2 is 1.25 bits per heavy atom. The van der Waals surface area contributed by atoms with Gasteiger partial charge in [0.2, 0.25) is 0 Å². The molecule has 0 heteroatoms. The van der Waals surface area contributed by atoms with Crippen molar-refractivity contribution in [1.82, 2.24) is 0 Å². The van der Waals surface area contributed by atoms with E-state index in [-0.39, 0.29) is 7.43 Å².